The number of rotatable bonds is 5. The van der Waals surface area contributed by atoms with E-state index in [0.29, 0.717) is 11.8 Å². The monoisotopic (exact) mass is 230 g/mol. The summed E-state index contributed by atoms with van der Waals surface area (Å²) in [6.07, 6.45) is 3.91. The molecule has 1 aromatic carbocycles. The smallest absolute Gasteiger partial charge is 0.0270 e. The fourth-order valence-electron chi connectivity index (χ4n) is 2.24. The Bertz CT molecular complexity index is 388. The predicted molar refractivity (Wildman–Crippen MR) is 75.3 cm³/mol. The molecule has 0 bridgehead atoms. The van der Waals surface area contributed by atoms with Crippen LogP contribution in [0.2, 0.25) is 0 Å². The summed E-state index contributed by atoms with van der Waals surface area (Å²) < 4.78 is 0. The second-order valence-corrected chi connectivity index (χ2v) is 4.65. The molecule has 2 heteroatoms. The van der Waals surface area contributed by atoms with Crippen molar-refractivity contribution in [1.82, 2.24) is 0 Å². The molecule has 0 spiro atoms. The Balaban J connectivity index is 2.98. The third-order valence-corrected chi connectivity index (χ3v) is 3.25. The lowest BCUT2D eigenvalue weighted by molar-refractivity contribution is 0.485. The van der Waals surface area contributed by atoms with E-state index in [0.717, 1.165) is 17.6 Å². The van der Waals surface area contributed by atoms with Crippen LogP contribution >= 0.6 is 0 Å². The van der Waals surface area contributed by atoms with E-state index in [-0.39, 0.29) is 0 Å². The van der Waals surface area contributed by atoms with Gasteiger partial charge in [-0.25, -0.2) is 0 Å². The fraction of sp³-hybridized carbons (Fsp3) is 0.400. The second-order valence-electron chi connectivity index (χ2n) is 4.65. The number of hydrogen-bond acceptors (Lipinski definition) is 2. The van der Waals surface area contributed by atoms with E-state index >= 15 is 0 Å². The number of benzene rings is 1. The predicted octanol–water partition coefficient (Wildman–Crippen LogP) is 3.79. The van der Waals surface area contributed by atoms with Gasteiger partial charge in [-0.2, -0.15) is 0 Å². The Hall–Kier alpha value is -1.57. The molecule has 0 heterocycles. The van der Waals surface area contributed by atoms with Crippen LogP contribution in [-0.4, -0.2) is 6.21 Å². The van der Waals surface area contributed by atoms with Crippen LogP contribution in [0.3, 0.4) is 0 Å². The number of hydrogen-bond donors (Lipinski definition) is 2. The number of nitrogens with two attached hydrogens (primary N) is 1. The largest absolute Gasteiger partial charge is 0.404 e. The zero-order chi connectivity index (χ0) is 12.8. The molecule has 1 rings (SSSR count). The number of nitrogens with one attached hydrogen (secondary N) is 1. The molecule has 0 radical (unpaired) electrons. The zero-order valence-electron chi connectivity index (χ0n) is 10.9. The van der Waals surface area contributed by atoms with E-state index in [1.54, 1.807) is 0 Å². The summed E-state index contributed by atoms with van der Waals surface area (Å²) in [5.74, 6) is 1.26. The van der Waals surface area contributed by atoms with Crippen molar-refractivity contribution in [2.24, 2.45) is 11.7 Å². The summed E-state index contributed by atoms with van der Waals surface area (Å²) in [5, 5.41) is 7.27. The van der Waals surface area contributed by atoms with Crippen LogP contribution in [0.5, 0.6) is 0 Å². The van der Waals surface area contributed by atoms with Gasteiger partial charge in [-0.3, -0.25) is 0 Å². The summed E-state index contributed by atoms with van der Waals surface area (Å²) in [4.78, 5) is 0. The third kappa shape index (κ3) is 3.19. The lowest BCUT2D eigenvalue weighted by atomic mass is 9.86. The summed E-state index contributed by atoms with van der Waals surface area (Å²) in [7, 11) is 0. The molecular formula is C15H22N2. The van der Waals surface area contributed by atoms with Crippen molar-refractivity contribution in [2.75, 3.05) is 0 Å². The lowest BCUT2D eigenvalue weighted by Crippen LogP contribution is -2.05. The van der Waals surface area contributed by atoms with Gasteiger partial charge < -0.3 is 11.1 Å². The highest BCUT2D eigenvalue weighted by Crippen LogP contribution is 2.28. The van der Waals surface area contributed by atoms with Gasteiger partial charge >= 0.3 is 0 Å². The summed E-state index contributed by atoms with van der Waals surface area (Å²) in [5.41, 5.74) is 8.61. The van der Waals surface area contributed by atoms with Gasteiger partial charge in [-0.1, -0.05) is 45.0 Å². The van der Waals surface area contributed by atoms with E-state index < -0.39 is 0 Å². The van der Waals surface area contributed by atoms with Crippen LogP contribution in [0.1, 0.15) is 44.2 Å². The maximum Gasteiger partial charge on any atom is 0.0270 e. The molecule has 1 unspecified atom stereocenters. The van der Waals surface area contributed by atoms with Crippen LogP contribution in [0.25, 0.3) is 5.57 Å². The molecular weight excluding hydrogens is 208 g/mol. The normalized spacial score (nSPS) is 13.8. The lowest BCUT2D eigenvalue weighted by Gasteiger charge is -2.19. The minimum Gasteiger partial charge on any atom is -0.404 e. The van der Waals surface area contributed by atoms with Gasteiger partial charge in [0.1, 0.15) is 0 Å². The molecule has 92 valence electrons. The molecule has 2 nitrogen and oxygen atoms in total. The first kappa shape index (κ1) is 13.5. The van der Waals surface area contributed by atoms with Gasteiger partial charge in [0.25, 0.3) is 0 Å². The van der Waals surface area contributed by atoms with Crippen molar-refractivity contribution >= 4 is 11.8 Å². The SMILES string of the molecule is CCC(c1ccc(/C(C=N)=C/N)cc1)C(C)C. The third-order valence-electron chi connectivity index (χ3n) is 3.25. The van der Waals surface area contributed by atoms with E-state index in [4.69, 9.17) is 11.1 Å². The Morgan fingerprint density at radius 1 is 1.29 bits per heavy atom. The molecule has 0 saturated heterocycles. The molecule has 1 aromatic rings. The second kappa shape index (κ2) is 6.24. The van der Waals surface area contributed by atoms with Crippen LogP contribution in [0.15, 0.2) is 30.5 Å². The van der Waals surface area contributed by atoms with Crippen molar-refractivity contribution in [1.29, 1.82) is 5.41 Å². The van der Waals surface area contributed by atoms with Crippen molar-refractivity contribution in [3.05, 3.63) is 41.6 Å². The Labute approximate surface area is 104 Å². The molecule has 0 aliphatic carbocycles. The molecule has 0 saturated carbocycles. The van der Waals surface area contributed by atoms with Gasteiger partial charge in [-0.05, 0) is 29.4 Å². The van der Waals surface area contributed by atoms with E-state index in [1.165, 1.54) is 18.0 Å². The highest BCUT2D eigenvalue weighted by atomic mass is 14.5. The van der Waals surface area contributed by atoms with Gasteiger partial charge in [0, 0.05) is 18.0 Å². The summed E-state index contributed by atoms with van der Waals surface area (Å²) >= 11 is 0. The Morgan fingerprint density at radius 2 is 1.88 bits per heavy atom. The van der Waals surface area contributed by atoms with Crippen LogP contribution in [0, 0.1) is 11.3 Å². The van der Waals surface area contributed by atoms with E-state index in [9.17, 15) is 0 Å². The van der Waals surface area contributed by atoms with Crippen molar-refractivity contribution in [2.45, 2.75) is 33.1 Å². The van der Waals surface area contributed by atoms with Crippen molar-refractivity contribution < 1.29 is 0 Å². The molecule has 3 N–H and O–H groups in total. The molecule has 0 aromatic heterocycles. The fourth-order valence-corrected chi connectivity index (χ4v) is 2.24. The minimum absolute atomic E-state index is 0.606. The molecule has 1 atom stereocenters. The standard InChI is InChI=1S/C15H22N2/c1-4-15(11(2)3)13-7-5-12(6-8-13)14(9-16)10-17/h5-11,15-16H,4,17H2,1-3H3/b14-10+,16-9?. The van der Waals surface area contributed by atoms with Gasteiger partial charge in [0.2, 0.25) is 0 Å². The van der Waals surface area contributed by atoms with Gasteiger partial charge in [0.05, 0.1) is 0 Å². The molecule has 0 aliphatic rings. The highest BCUT2D eigenvalue weighted by Gasteiger charge is 2.13. The van der Waals surface area contributed by atoms with Crippen LogP contribution in [0.4, 0.5) is 0 Å². The van der Waals surface area contributed by atoms with E-state index in [1.807, 2.05) is 12.1 Å². The maximum atomic E-state index is 7.27. The highest BCUT2D eigenvalue weighted by molar-refractivity contribution is 6.08. The first-order chi connectivity index (χ1) is 8.13. The zero-order valence-corrected chi connectivity index (χ0v) is 10.9. The summed E-state index contributed by atoms with van der Waals surface area (Å²) in [6, 6.07) is 8.39. The maximum absolute atomic E-state index is 7.27. The van der Waals surface area contributed by atoms with Gasteiger partial charge in [-0.15, -0.1) is 0 Å². The molecule has 0 aliphatic heterocycles. The Kier molecular flexibility index (Phi) is 4.95. The Morgan fingerprint density at radius 3 is 2.24 bits per heavy atom. The average molecular weight is 230 g/mol. The minimum atomic E-state index is 0.606. The quantitative estimate of drug-likeness (QED) is 0.743. The first-order valence-corrected chi connectivity index (χ1v) is 6.16. The topological polar surface area (TPSA) is 49.9 Å². The van der Waals surface area contributed by atoms with Gasteiger partial charge in [0.15, 0.2) is 0 Å². The number of allylic oxidation sites excluding steroid dienone is 1. The molecule has 0 fully saturated rings. The van der Waals surface area contributed by atoms with Crippen LogP contribution < -0.4 is 5.73 Å². The van der Waals surface area contributed by atoms with Crippen molar-refractivity contribution in [3.8, 4) is 0 Å². The molecule has 0 amide bonds. The summed E-state index contributed by atoms with van der Waals surface area (Å²) in [6.45, 7) is 6.73. The molecule has 17 heavy (non-hydrogen) atoms. The first-order valence-electron chi connectivity index (χ1n) is 6.16. The average Bonchev–Trinajstić information content (AvgIpc) is 2.33. The van der Waals surface area contributed by atoms with Crippen molar-refractivity contribution in [3.63, 3.8) is 0 Å². The van der Waals surface area contributed by atoms with E-state index in [2.05, 4.69) is 32.9 Å². The van der Waals surface area contributed by atoms with Crippen LogP contribution in [-0.2, 0) is 0 Å².